The quantitative estimate of drug-likeness (QED) is 0.158. The summed E-state index contributed by atoms with van der Waals surface area (Å²) in [4.78, 5) is 4.34. The molecule has 2 heterocycles. The molecule has 2 aromatic heterocycles. The molecule has 0 saturated heterocycles. The zero-order chi connectivity index (χ0) is 39.7. The summed E-state index contributed by atoms with van der Waals surface area (Å²) in [5.74, 6) is 2.13. The summed E-state index contributed by atoms with van der Waals surface area (Å²) in [6.45, 7) is 44.3. The van der Waals surface area contributed by atoms with Gasteiger partial charge in [0.25, 0.3) is 0 Å². The van der Waals surface area contributed by atoms with Gasteiger partial charge in [0, 0.05) is 29.4 Å². The van der Waals surface area contributed by atoms with Gasteiger partial charge in [0.05, 0.1) is 0 Å². The highest BCUT2D eigenvalue weighted by molar-refractivity contribution is 5.36. The van der Waals surface area contributed by atoms with Crippen molar-refractivity contribution >= 4 is 0 Å². The minimum atomic E-state index is 0.300. The normalized spacial score (nSPS) is 9.70. The van der Waals surface area contributed by atoms with Gasteiger partial charge in [-0.05, 0) is 117 Å². The lowest BCUT2D eigenvalue weighted by atomic mass is 9.94. The molecule has 0 unspecified atom stereocenters. The van der Waals surface area contributed by atoms with Gasteiger partial charge in [0.1, 0.15) is 0 Å². The molecule has 3 nitrogen and oxygen atoms in total. The van der Waals surface area contributed by atoms with Crippen LogP contribution in [0.3, 0.4) is 0 Å². The molecule has 0 aliphatic heterocycles. The summed E-state index contributed by atoms with van der Waals surface area (Å²) in [7, 11) is 0. The van der Waals surface area contributed by atoms with Crippen LogP contribution in [0.4, 0.5) is 0 Å². The molecular formula is C47H78N2O. The van der Waals surface area contributed by atoms with E-state index in [1.54, 1.807) is 12.3 Å². The van der Waals surface area contributed by atoms with Gasteiger partial charge in [0.2, 0.25) is 0 Å². The molecule has 0 saturated carbocycles. The van der Waals surface area contributed by atoms with Gasteiger partial charge >= 0.3 is 0 Å². The van der Waals surface area contributed by atoms with Gasteiger partial charge in [-0.3, -0.25) is 4.98 Å². The van der Waals surface area contributed by atoms with E-state index in [1.807, 2.05) is 74.6 Å². The fraction of sp³-hybridized carbons (Fsp3) is 0.532. The number of hydrogen-bond acceptors (Lipinski definition) is 2. The predicted octanol–water partition coefficient (Wildman–Crippen LogP) is 14.5. The molecule has 0 N–H and O–H groups in total. The van der Waals surface area contributed by atoms with Gasteiger partial charge < -0.3 is 5.21 Å². The highest BCUT2D eigenvalue weighted by Crippen LogP contribution is 2.22. The van der Waals surface area contributed by atoms with Gasteiger partial charge in [-0.1, -0.05) is 139 Å². The van der Waals surface area contributed by atoms with Crippen LogP contribution in [-0.4, -0.2) is 4.98 Å². The fourth-order valence-corrected chi connectivity index (χ4v) is 5.67. The van der Waals surface area contributed by atoms with E-state index in [2.05, 4.69) is 131 Å². The van der Waals surface area contributed by atoms with E-state index >= 15 is 0 Å². The van der Waals surface area contributed by atoms with Crippen molar-refractivity contribution in [1.29, 1.82) is 0 Å². The molecule has 0 radical (unpaired) electrons. The number of benzene rings is 2. The highest BCUT2D eigenvalue weighted by Gasteiger charge is 2.12. The van der Waals surface area contributed by atoms with Crippen molar-refractivity contribution in [3.63, 3.8) is 0 Å². The smallest absolute Gasteiger partial charge is 0.198 e. The number of nitrogens with zero attached hydrogens (tertiary/aromatic N) is 2. The summed E-state index contributed by atoms with van der Waals surface area (Å²) in [6, 6.07) is 18.9. The Balaban J connectivity index is -0.000000560. The first-order valence-electron chi connectivity index (χ1n) is 19.2. The van der Waals surface area contributed by atoms with Gasteiger partial charge in [-0.15, -0.1) is 0 Å². The largest absolute Gasteiger partial charge is 0.618 e. The topological polar surface area (TPSA) is 39.8 Å². The lowest BCUT2D eigenvalue weighted by Gasteiger charge is -2.12. The summed E-state index contributed by atoms with van der Waals surface area (Å²) in [6.07, 6.45) is 3.43. The van der Waals surface area contributed by atoms with Crippen molar-refractivity contribution in [3.05, 3.63) is 134 Å². The van der Waals surface area contributed by atoms with Crippen LogP contribution >= 0.6 is 0 Å². The Morgan fingerprint density at radius 3 is 1.36 bits per heavy atom. The average molecular weight is 687 g/mol. The Hall–Kier alpha value is -3.46. The van der Waals surface area contributed by atoms with Crippen molar-refractivity contribution < 1.29 is 4.73 Å². The highest BCUT2D eigenvalue weighted by atomic mass is 16.5. The number of aromatic nitrogens is 2. The molecule has 4 aromatic rings. The zero-order valence-corrected chi connectivity index (χ0v) is 36.5. The number of hydrogen-bond donors (Lipinski definition) is 0. The average Bonchev–Trinajstić information content (AvgIpc) is 3.06. The second-order valence-corrected chi connectivity index (χ2v) is 13.3. The van der Waals surface area contributed by atoms with Crippen molar-refractivity contribution in [2.24, 2.45) is 0 Å². The molecule has 282 valence electrons. The summed E-state index contributed by atoms with van der Waals surface area (Å²) < 4.78 is 0.944. The molecule has 4 rings (SSSR count). The fourth-order valence-electron chi connectivity index (χ4n) is 5.67. The van der Waals surface area contributed by atoms with E-state index in [9.17, 15) is 5.21 Å². The molecule has 0 aliphatic rings. The third-order valence-electron chi connectivity index (χ3n) is 7.99. The van der Waals surface area contributed by atoms with E-state index in [1.165, 1.54) is 50.2 Å². The molecule has 0 bridgehead atoms. The third kappa shape index (κ3) is 18.5. The SMILES string of the molecule is CC.CC.CC.Cc1ccc(C)c(C(C)C)c1.Cc1ccc[n+]([O-])c1C(C)C.Cc1cccc(C)c1C(C)C.Cc1ccnc(C(C)C)c1C. The molecule has 50 heavy (non-hydrogen) atoms. The Morgan fingerprint density at radius 1 is 0.520 bits per heavy atom. The van der Waals surface area contributed by atoms with E-state index in [-0.39, 0.29) is 0 Å². The Bertz CT molecular complexity index is 1350. The van der Waals surface area contributed by atoms with Crippen LogP contribution in [0.5, 0.6) is 0 Å². The van der Waals surface area contributed by atoms with E-state index in [4.69, 9.17) is 0 Å². The summed E-state index contributed by atoms with van der Waals surface area (Å²) >= 11 is 0. The molecule has 0 atom stereocenters. The summed E-state index contributed by atoms with van der Waals surface area (Å²) in [5.41, 5.74) is 14.4. The van der Waals surface area contributed by atoms with Crippen molar-refractivity contribution in [1.82, 2.24) is 4.98 Å². The lowest BCUT2D eigenvalue weighted by Crippen LogP contribution is -2.32. The van der Waals surface area contributed by atoms with Gasteiger partial charge in [-0.25, -0.2) is 0 Å². The maximum atomic E-state index is 11.2. The second kappa shape index (κ2) is 28.3. The molecule has 3 heteroatoms. The first-order valence-corrected chi connectivity index (χ1v) is 19.2. The van der Waals surface area contributed by atoms with Crippen molar-refractivity contribution in [2.75, 3.05) is 0 Å². The lowest BCUT2D eigenvalue weighted by molar-refractivity contribution is -0.615. The number of pyridine rings is 2. The Morgan fingerprint density at radius 2 is 1.02 bits per heavy atom. The zero-order valence-electron chi connectivity index (χ0n) is 36.5. The van der Waals surface area contributed by atoms with Gasteiger partial charge in [-0.2, -0.15) is 4.73 Å². The second-order valence-electron chi connectivity index (χ2n) is 13.3. The maximum Gasteiger partial charge on any atom is 0.198 e. The third-order valence-corrected chi connectivity index (χ3v) is 7.99. The Kier molecular flexibility index (Phi) is 28.8. The molecular weight excluding hydrogens is 609 g/mol. The van der Waals surface area contributed by atoms with E-state index in [0.29, 0.717) is 23.7 Å². The van der Waals surface area contributed by atoms with Crippen molar-refractivity contribution in [3.8, 4) is 0 Å². The minimum Gasteiger partial charge on any atom is -0.618 e. The van der Waals surface area contributed by atoms with Crippen LogP contribution in [0.1, 0.15) is 182 Å². The molecule has 0 fully saturated rings. The monoisotopic (exact) mass is 687 g/mol. The molecule has 0 spiro atoms. The van der Waals surface area contributed by atoms with Crippen LogP contribution in [0.25, 0.3) is 0 Å². The van der Waals surface area contributed by atoms with E-state index in [0.717, 1.165) is 16.0 Å². The van der Waals surface area contributed by atoms with Gasteiger partial charge in [0.15, 0.2) is 11.9 Å². The summed E-state index contributed by atoms with van der Waals surface area (Å²) in [5, 5.41) is 11.2. The first-order chi connectivity index (χ1) is 23.5. The predicted molar refractivity (Wildman–Crippen MR) is 226 cm³/mol. The maximum absolute atomic E-state index is 11.2. The van der Waals surface area contributed by atoms with Crippen LogP contribution in [-0.2, 0) is 0 Å². The van der Waals surface area contributed by atoms with Crippen LogP contribution in [0, 0.1) is 53.7 Å². The van der Waals surface area contributed by atoms with Crippen LogP contribution in [0.2, 0.25) is 0 Å². The van der Waals surface area contributed by atoms with Crippen molar-refractivity contribution in [2.45, 2.75) is 169 Å². The number of rotatable bonds is 4. The van der Waals surface area contributed by atoms with Crippen LogP contribution < -0.4 is 4.73 Å². The number of aryl methyl sites for hydroxylation is 6. The standard InChI is InChI=1S/2C11H16.C10H15N.C9H13NO.3C2H6/c1-8(2)11-7-9(3)5-6-10(11)4;1-8(2)11-9(3)6-5-7-10(11)4;1-7(2)10-9(4)8(3)5-6-11-10;1-7(2)9-8(3)5-4-6-10(9)11;3*1-2/h2*5-8H,1-4H3;5-7H,1-4H3;4-7H,1-3H3;3*1-2H3. The Labute approximate surface area is 311 Å². The molecule has 0 aliphatic carbocycles. The van der Waals surface area contributed by atoms with E-state index < -0.39 is 0 Å². The molecule has 0 amide bonds. The molecule has 2 aromatic carbocycles. The first kappa shape index (κ1) is 50.9. The van der Waals surface area contributed by atoms with Crippen LogP contribution in [0.15, 0.2) is 67.0 Å². The minimum absolute atomic E-state index is 0.300.